The zero-order chi connectivity index (χ0) is 14.6. The van der Waals surface area contributed by atoms with Gasteiger partial charge in [-0.1, -0.05) is 19.1 Å². The predicted octanol–water partition coefficient (Wildman–Crippen LogP) is 2.62. The standard InChI is InChI=1S/C13H17F3N2O/c1-3-8(2)18-11(12(17)19)9-4-6-10(7-5-9)13(14,15)16/h4-8,11,18H,3H2,1-2H3,(H2,17,19). The van der Waals surface area contributed by atoms with Crippen LogP contribution in [0.25, 0.3) is 0 Å². The fourth-order valence-corrected chi connectivity index (χ4v) is 1.61. The van der Waals surface area contributed by atoms with Crippen molar-refractivity contribution >= 4 is 5.91 Å². The van der Waals surface area contributed by atoms with Gasteiger partial charge in [0.2, 0.25) is 5.91 Å². The van der Waals surface area contributed by atoms with E-state index in [1.54, 1.807) is 0 Å². The molecule has 0 saturated heterocycles. The molecule has 0 radical (unpaired) electrons. The normalized spacial score (nSPS) is 15.0. The van der Waals surface area contributed by atoms with E-state index in [1.807, 2.05) is 13.8 Å². The molecule has 0 aliphatic rings. The Balaban J connectivity index is 2.95. The van der Waals surface area contributed by atoms with Crippen molar-refractivity contribution in [2.75, 3.05) is 0 Å². The molecule has 1 amide bonds. The van der Waals surface area contributed by atoms with Crippen LogP contribution in [0.1, 0.15) is 37.4 Å². The maximum Gasteiger partial charge on any atom is 0.416 e. The first-order valence-corrected chi connectivity index (χ1v) is 5.98. The van der Waals surface area contributed by atoms with Gasteiger partial charge >= 0.3 is 6.18 Å². The lowest BCUT2D eigenvalue weighted by atomic mass is 10.0. The number of hydrogen-bond donors (Lipinski definition) is 2. The fourth-order valence-electron chi connectivity index (χ4n) is 1.61. The average Bonchev–Trinajstić information content (AvgIpc) is 2.34. The highest BCUT2D eigenvalue weighted by molar-refractivity contribution is 5.81. The summed E-state index contributed by atoms with van der Waals surface area (Å²) >= 11 is 0. The minimum atomic E-state index is -4.38. The van der Waals surface area contributed by atoms with Gasteiger partial charge in [-0.05, 0) is 31.0 Å². The summed E-state index contributed by atoms with van der Waals surface area (Å²) in [5, 5.41) is 2.98. The van der Waals surface area contributed by atoms with E-state index in [4.69, 9.17) is 5.73 Å². The molecule has 0 fully saturated rings. The monoisotopic (exact) mass is 274 g/mol. The highest BCUT2D eigenvalue weighted by Crippen LogP contribution is 2.30. The summed E-state index contributed by atoms with van der Waals surface area (Å²) in [6, 6.07) is 3.70. The molecule has 2 atom stereocenters. The van der Waals surface area contributed by atoms with Gasteiger partial charge in [0.05, 0.1) is 5.56 Å². The van der Waals surface area contributed by atoms with Crippen LogP contribution in [-0.4, -0.2) is 11.9 Å². The van der Waals surface area contributed by atoms with E-state index < -0.39 is 23.7 Å². The average molecular weight is 274 g/mol. The number of rotatable bonds is 5. The van der Waals surface area contributed by atoms with Crippen molar-refractivity contribution < 1.29 is 18.0 Å². The van der Waals surface area contributed by atoms with Crippen molar-refractivity contribution in [3.05, 3.63) is 35.4 Å². The molecule has 0 bridgehead atoms. The third kappa shape index (κ3) is 4.24. The fraction of sp³-hybridized carbons (Fsp3) is 0.462. The topological polar surface area (TPSA) is 55.1 Å². The lowest BCUT2D eigenvalue weighted by Gasteiger charge is -2.20. The van der Waals surface area contributed by atoms with Crippen molar-refractivity contribution in [2.24, 2.45) is 5.73 Å². The molecule has 0 aliphatic carbocycles. The van der Waals surface area contributed by atoms with E-state index in [0.29, 0.717) is 5.56 Å². The third-order valence-corrected chi connectivity index (χ3v) is 2.92. The number of primary amides is 1. The molecule has 0 heterocycles. The second-order valence-electron chi connectivity index (χ2n) is 4.43. The molecule has 1 aromatic carbocycles. The first-order valence-electron chi connectivity index (χ1n) is 5.98. The first kappa shape index (κ1) is 15.5. The molecule has 0 aliphatic heterocycles. The van der Waals surface area contributed by atoms with Crippen molar-refractivity contribution in [3.63, 3.8) is 0 Å². The zero-order valence-corrected chi connectivity index (χ0v) is 10.8. The Morgan fingerprint density at radius 3 is 2.21 bits per heavy atom. The summed E-state index contributed by atoms with van der Waals surface area (Å²) in [6.07, 6.45) is -3.60. The Hall–Kier alpha value is -1.56. The van der Waals surface area contributed by atoms with E-state index in [9.17, 15) is 18.0 Å². The number of hydrogen-bond acceptors (Lipinski definition) is 2. The van der Waals surface area contributed by atoms with Crippen LogP contribution in [-0.2, 0) is 11.0 Å². The Morgan fingerprint density at radius 1 is 1.32 bits per heavy atom. The molecule has 0 spiro atoms. The number of alkyl halides is 3. The third-order valence-electron chi connectivity index (χ3n) is 2.92. The second-order valence-corrected chi connectivity index (χ2v) is 4.43. The van der Waals surface area contributed by atoms with E-state index in [1.165, 1.54) is 12.1 Å². The van der Waals surface area contributed by atoms with Crippen LogP contribution in [0, 0.1) is 0 Å². The Kier molecular flexibility index (Phi) is 4.94. The van der Waals surface area contributed by atoms with Gasteiger partial charge < -0.3 is 5.73 Å². The van der Waals surface area contributed by atoms with Crippen LogP contribution in [0.15, 0.2) is 24.3 Å². The van der Waals surface area contributed by atoms with Gasteiger partial charge in [-0.2, -0.15) is 13.2 Å². The number of halogens is 3. The number of benzene rings is 1. The summed E-state index contributed by atoms with van der Waals surface area (Å²) in [6.45, 7) is 3.81. The Labute approximate surface area is 110 Å². The minimum absolute atomic E-state index is 0.0415. The summed E-state index contributed by atoms with van der Waals surface area (Å²) in [5.41, 5.74) is 4.96. The summed E-state index contributed by atoms with van der Waals surface area (Å²) < 4.78 is 37.3. The van der Waals surface area contributed by atoms with E-state index in [0.717, 1.165) is 18.6 Å². The molecule has 2 unspecified atom stereocenters. The van der Waals surface area contributed by atoms with E-state index >= 15 is 0 Å². The van der Waals surface area contributed by atoms with Crippen molar-refractivity contribution in [2.45, 2.75) is 38.5 Å². The molecule has 19 heavy (non-hydrogen) atoms. The van der Waals surface area contributed by atoms with Gasteiger partial charge in [0.1, 0.15) is 6.04 Å². The molecule has 1 aromatic rings. The van der Waals surface area contributed by atoms with Crippen LogP contribution >= 0.6 is 0 Å². The van der Waals surface area contributed by atoms with Crippen molar-refractivity contribution in [1.29, 1.82) is 0 Å². The van der Waals surface area contributed by atoms with Gasteiger partial charge in [0.25, 0.3) is 0 Å². The molecule has 6 heteroatoms. The van der Waals surface area contributed by atoms with Gasteiger partial charge in [-0.15, -0.1) is 0 Å². The molecule has 0 saturated carbocycles. The van der Waals surface area contributed by atoms with Crippen LogP contribution in [0.2, 0.25) is 0 Å². The number of nitrogens with one attached hydrogen (secondary N) is 1. The van der Waals surface area contributed by atoms with E-state index in [-0.39, 0.29) is 6.04 Å². The van der Waals surface area contributed by atoms with Gasteiger partial charge in [-0.25, -0.2) is 0 Å². The number of carbonyl (C=O) groups is 1. The number of carbonyl (C=O) groups excluding carboxylic acids is 1. The van der Waals surface area contributed by atoms with Gasteiger partial charge in [-0.3, -0.25) is 10.1 Å². The van der Waals surface area contributed by atoms with Crippen LogP contribution in [0.4, 0.5) is 13.2 Å². The van der Waals surface area contributed by atoms with Crippen LogP contribution < -0.4 is 11.1 Å². The van der Waals surface area contributed by atoms with Crippen LogP contribution in [0.5, 0.6) is 0 Å². The maximum absolute atomic E-state index is 12.4. The maximum atomic E-state index is 12.4. The van der Waals surface area contributed by atoms with Gasteiger partial charge in [0.15, 0.2) is 0 Å². The highest BCUT2D eigenvalue weighted by atomic mass is 19.4. The largest absolute Gasteiger partial charge is 0.416 e. The second kappa shape index (κ2) is 6.06. The quantitative estimate of drug-likeness (QED) is 0.867. The number of amides is 1. The summed E-state index contributed by atoms with van der Waals surface area (Å²) in [5.74, 6) is -0.611. The number of nitrogens with two attached hydrogens (primary N) is 1. The SMILES string of the molecule is CCC(C)NC(C(N)=O)c1ccc(C(F)(F)F)cc1. The summed E-state index contributed by atoms with van der Waals surface area (Å²) in [7, 11) is 0. The Morgan fingerprint density at radius 2 is 1.84 bits per heavy atom. The molecule has 3 N–H and O–H groups in total. The van der Waals surface area contributed by atoms with E-state index in [2.05, 4.69) is 5.32 Å². The smallest absolute Gasteiger partial charge is 0.368 e. The Bertz CT molecular complexity index is 429. The lowest BCUT2D eigenvalue weighted by Crippen LogP contribution is -2.38. The molecule has 0 aromatic heterocycles. The molecular formula is C13H17F3N2O. The predicted molar refractivity (Wildman–Crippen MR) is 66.3 cm³/mol. The van der Waals surface area contributed by atoms with Crippen molar-refractivity contribution in [1.82, 2.24) is 5.32 Å². The minimum Gasteiger partial charge on any atom is -0.368 e. The summed E-state index contributed by atoms with van der Waals surface area (Å²) in [4.78, 5) is 11.4. The first-order chi connectivity index (χ1) is 8.75. The molecule has 106 valence electrons. The highest BCUT2D eigenvalue weighted by Gasteiger charge is 2.30. The molecule has 1 rings (SSSR count). The molecule has 3 nitrogen and oxygen atoms in total. The van der Waals surface area contributed by atoms with Crippen LogP contribution in [0.3, 0.4) is 0 Å². The lowest BCUT2D eigenvalue weighted by molar-refractivity contribution is -0.137. The molecular weight excluding hydrogens is 257 g/mol. The van der Waals surface area contributed by atoms with Gasteiger partial charge in [0, 0.05) is 6.04 Å². The van der Waals surface area contributed by atoms with Crippen molar-refractivity contribution in [3.8, 4) is 0 Å². The zero-order valence-electron chi connectivity index (χ0n) is 10.8.